The van der Waals surface area contributed by atoms with E-state index < -0.39 is 0 Å². The van der Waals surface area contributed by atoms with Gasteiger partial charge in [0.2, 0.25) is 0 Å². The van der Waals surface area contributed by atoms with Crippen molar-refractivity contribution in [2.75, 3.05) is 6.54 Å². The Morgan fingerprint density at radius 2 is 2.24 bits per heavy atom. The fourth-order valence-corrected chi connectivity index (χ4v) is 4.39. The second kappa shape index (κ2) is 5.50. The molecule has 0 aliphatic heterocycles. The highest BCUT2D eigenvalue weighted by atomic mass is 32.1. The molecule has 112 valence electrons. The molecule has 0 bridgehead atoms. The van der Waals surface area contributed by atoms with Crippen molar-refractivity contribution in [1.82, 2.24) is 10.3 Å². The van der Waals surface area contributed by atoms with E-state index in [2.05, 4.69) is 31.5 Å². The maximum absolute atomic E-state index is 14.1. The van der Waals surface area contributed by atoms with Gasteiger partial charge in [-0.3, -0.25) is 0 Å². The van der Waals surface area contributed by atoms with Crippen LogP contribution in [-0.4, -0.2) is 11.5 Å². The van der Waals surface area contributed by atoms with E-state index in [0.29, 0.717) is 5.92 Å². The third-order valence-corrected chi connectivity index (χ3v) is 5.31. The van der Waals surface area contributed by atoms with E-state index in [1.807, 2.05) is 12.1 Å². The van der Waals surface area contributed by atoms with Gasteiger partial charge in [-0.05, 0) is 42.5 Å². The average molecular weight is 304 g/mol. The Balaban J connectivity index is 2.12. The number of thiazole rings is 1. The standard InChI is InChI=1S/C17H21FN2S/c1-4-19-17(16-20-15(10-21-16)11(2)3)9-8-12-13(17)6-5-7-14(12)18/h5-7,10-11,19H,4,8-9H2,1-3H3. The van der Waals surface area contributed by atoms with Crippen molar-refractivity contribution in [2.45, 2.75) is 45.1 Å². The summed E-state index contributed by atoms with van der Waals surface area (Å²) in [5.74, 6) is 0.329. The molecule has 0 spiro atoms. The molecule has 1 aliphatic carbocycles. The topological polar surface area (TPSA) is 24.9 Å². The second-order valence-electron chi connectivity index (χ2n) is 5.93. The number of hydrogen-bond donors (Lipinski definition) is 1. The van der Waals surface area contributed by atoms with E-state index in [0.717, 1.165) is 41.2 Å². The van der Waals surface area contributed by atoms with Crippen LogP contribution in [0, 0.1) is 5.82 Å². The van der Waals surface area contributed by atoms with Gasteiger partial charge in [-0.1, -0.05) is 32.9 Å². The maximum Gasteiger partial charge on any atom is 0.126 e. The molecule has 1 aliphatic rings. The Labute approximate surface area is 129 Å². The van der Waals surface area contributed by atoms with Crippen LogP contribution in [0.1, 0.15) is 54.9 Å². The lowest BCUT2D eigenvalue weighted by Gasteiger charge is -2.29. The second-order valence-corrected chi connectivity index (χ2v) is 6.79. The van der Waals surface area contributed by atoms with Gasteiger partial charge >= 0.3 is 0 Å². The molecule has 0 saturated heterocycles. The summed E-state index contributed by atoms with van der Waals surface area (Å²) >= 11 is 1.69. The molecule has 2 nitrogen and oxygen atoms in total. The molecular formula is C17H21FN2S. The zero-order valence-electron chi connectivity index (χ0n) is 12.7. The molecule has 3 rings (SSSR count). The summed E-state index contributed by atoms with van der Waals surface area (Å²) in [6.07, 6.45) is 1.65. The van der Waals surface area contributed by atoms with Crippen LogP contribution >= 0.6 is 11.3 Å². The Hall–Kier alpha value is -1.26. The lowest BCUT2D eigenvalue weighted by Crippen LogP contribution is -2.41. The zero-order valence-corrected chi connectivity index (χ0v) is 13.6. The van der Waals surface area contributed by atoms with E-state index in [1.165, 1.54) is 0 Å². The fraction of sp³-hybridized carbons (Fsp3) is 0.471. The number of nitrogens with zero attached hydrogens (tertiary/aromatic N) is 1. The largest absolute Gasteiger partial charge is 0.302 e. The highest BCUT2D eigenvalue weighted by Crippen LogP contribution is 2.44. The van der Waals surface area contributed by atoms with Gasteiger partial charge in [0, 0.05) is 5.38 Å². The van der Waals surface area contributed by atoms with Crippen LogP contribution in [0.3, 0.4) is 0 Å². The predicted octanol–water partition coefficient (Wildman–Crippen LogP) is 4.20. The summed E-state index contributed by atoms with van der Waals surface area (Å²) in [5, 5.41) is 6.79. The van der Waals surface area contributed by atoms with Crippen molar-refractivity contribution in [3.05, 3.63) is 51.2 Å². The van der Waals surface area contributed by atoms with Crippen molar-refractivity contribution in [3.63, 3.8) is 0 Å². The van der Waals surface area contributed by atoms with Gasteiger partial charge in [0.15, 0.2) is 0 Å². The monoisotopic (exact) mass is 304 g/mol. The van der Waals surface area contributed by atoms with Gasteiger partial charge < -0.3 is 5.32 Å². The summed E-state index contributed by atoms with van der Waals surface area (Å²) < 4.78 is 14.1. The lowest BCUT2D eigenvalue weighted by atomic mass is 9.92. The molecule has 0 saturated carbocycles. The minimum atomic E-state index is -0.315. The molecule has 1 aromatic heterocycles. The van der Waals surface area contributed by atoms with Crippen molar-refractivity contribution in [1.29, 1.82) is 0 Å². The number of halogens is 1. The molecule has 4 heteroatoms. The number of nitrogens with one attached hydrogen (secondary N) is 1. The minimum Gasteiger partial charge on any atom is -0.302 e. The van der Waals surface area contributed by atoms with Crippen molar-refractivity contribution >= 4 is 11.3 Å². The zero-order chi connectivity index (χ0) is 15.0. The lowest BCUT2D eigenvalue weighted by molar-refractivity contribution is 0.406. The number of rotatable bonds is 4. The first-order chi connectivity index (χ1) is 10.1. The molecular weight excluding hydrogens is 283 g/mol. The number of fused-ring (bicyclic) bond motifs is 1. The average Bonchev–Trinajstić information content (AvgIpc) is 3.06. The molecule has 1 unspecified atom stereocenters. The third kappa shape index (κ3) is 2.30. The first-order valence-corrected chi connectivity index (χ1v) is 8.45. The Bertz CT molecular complexity index is 650. The maximum atomic E-state index is 14.1. The summed E-state index contributed by atoms with van der Waals surface area (Å²) in [6, 6.07) is 5.41. The smallest absolute Gasteiger partial charge is 0.126 e. The van der Waals surface area contributed by atoms with Crippen molar-refractivity contribution in [2.24, 2.45) is 0 Å². The Morgan fingerprint density at radius 3 is 2.90 bits per heavy atom. The third-order valence-electron chi connectivity index (χ3n) is 4.29. The van der Waals surface area contributed by atoms with Crippen LogP contribution < -0.4 is 5.32 Å². The van der Waals surface area contributed by atoms with Gasteiger partial charge in [-0.25, -0.2) is 9.37 Å². The summed E-state index contributed by atoms with van der Waals surface area (Å²) in [5.41, 5.74) is 2.72. The van der Waals surface area contributed by atoms with Crippen LogP contribution in [0.5, 0.6) is 0 Å². The number of benzene rings is 1. The summed E-state index contributed by atoms with van der Waals surface area (Å²) in [4.78, 5) is 4.84. The Morgan fingerprint density at radius 1 is 1.43 bits per heavy atom. The molecule has 1 heterocycles. The molecule has 1 N–H and O–H groups in total. The van der Waals surface area contributed by atoms with E-state index in [1.54, 1.807) is 17.4 Å². The molecule has 0 amide bonds. The Kier molecular flexibility index (Phi) is 3.84. The first kappa shape index (κ1) is 14.7. The molecule has 0 fully saturated rings. The van der Waals surface area contributed by atoms with Gasteiger partial charge in [0.25, 0.3) is 0 Å². The van der Waals surface area contributed by atoms with Gasteiger partial charge in [-0.15, -0.1) is 11.3 Å². The molecule has 1 atom stereocenters. The van der Waals surface area contributed by atoms with E-state index in [9.17, 15) is 4.39 Å². The molecule has 2 aromatic rings. The first-order valence-electron chi connectivity index (χ1n) is 7.57. The minimum absolute atomic E-state index is 0.0899. The molecule has 0 radical (unpaired) electrons. The van der Waals surface area contributed by atoms with Gasteiger partial charge in [0.1, 0.15) is 10.8 Å². The highest BCUT2D eigenvalue weighted by Gasteiger charge is 2.43. The highest BCUT2D eigenvalue weighted by molar-refractivity contribution is 7.09. The van der Waals surface area contributed by atoms with Crippen LogP contribution in [-0.2, 0) is 12.0 Å². The normalized spacial score (nSPS) is 21.0. The van der Waals surface area contributed by atoms with Crippen LogP contribution in [0.15, 0.2) is 23.6 Å². The molecule has 21 heavy (non-hydrogen) atoms. The van der Waals surface area contributed by atoms with Crippen molar-refractivity contribution in [3.8, 4) is 0 Å². The van der Waals surface area contributed by atoms with Crippen LogP contribution in [0.2, 0.25) is 0 Å². The van der Waals surface area contributed by atoms with Gasteiger partial charge in [0.05, 0.1) is 11.2 Å². The fourth-order valence-electron chi connectivity index (χ4n) is 3.19. The summed E-state index contributed by atoms with van der Waals surface area (Å²) in [7, 11) is 0. The van der Waals surface area contributed by atoms with E-state index >= 15 is 0 Å². The SMILES string of the molecule is CCNC1(c2nc(C(C)C)cs2)CCc2c(F)cccc21. The van der Waals surface area contributed by atoms with Crippen molar-refractivity contribution < 1.29 is 4.39 Å². The predicted molar refractivity (Wildman–Crippen MR) is 85.4 cm³/mol. The molecule has 1 aromatic carbocycles. The van der Waals surface area contributed by atoms with E-state index in [-0.39, 0.29) is 11.4 Å². The summed E-state index contributed by atoms with van der Waals surface area (Å²) in [6.45, 7) is 7.24. The van der Waals surface area contributed by atoms with E-state index in [4.69, 9.17) is 4.98 Å². The van der Waals surface area contributed by atoms with Crippen LogP contribution in [0.25, 0.3) is 0 Å². The number of aromatic nitrogens is 1. The quantitative estimate of drug-likeness (QED) is 0.915. The number of hydrogen-bond acceptors (Lipinski definition) is 3. The van der Waals surface area contributed by atoms with Crippen LogP contribution in [0.4, 0.5) is 4.39 Å². The van der Waals surface area contributed by atoms with Gasteiger partial charge in [-0.2, -0.15) is 0 Å².